The molecule has 3 N–H and O–H groups in total. The van der Waals surface area contributed by atoms with Crippen LogP contribution >= 0.6 is 0 Å². The Bertz CT molecular complexity index is 1170. The van der Waals surface area contributed by atoms with Gasteiger partial charge >= 0.3 is 0 Å². The molecule has 1 unspecified atom stereocenters. The quantitative estimate of drug-likeness (QED) is 0.457. The van der Waals surface area contributed by atoms with Crippen molar-refractivity contribution < 1.29 is 19.1 Å². The Morgan fingerprint density at radius 3 is 2.00 bits per heavy atom. The third kappa shape index (κ3) is 6.01. The fraction of sp³-hybridized carbons (Fsp3) is 0.222. The van der Waals surface area contributed by atoms with Crippen molar-refractivity contribution in [1.82, 2.24) is 5.32 Å². The summed E-state index contributed by atoms with van der Waals surface area (Å²) in [6, 6.07) is 20.0. The Kier molecular flexibility index (Phi) is 8.03. The van der Waals surface area contributed by atoms with Crippen molar-refractivity contribution in [3.05, 3.63) is 89.5 Å². The molecule has 0 aliphatic heterocycles. The summed E-state index contributed by atoms with van der Waals surface area (Å²) in [4.78, 5) is 38.8. The van der Waals surface area contributed by atoms with E-state index in [4.69, 9.17) is 4.74 Å². The Balaban J connectivity index is 1.76. The molecule has 7 heteroatoms. The molecule has 0 spiro atoms. The molecule has 0 bridgehead atoms. The van der Waals surface area contributed by atoms with Crippen LogP contribution < -0.4 is 20.7 Å². The van der Waals surface area contributed by atoms with Crippen LogP contribution in [0.5, 0.6) is 5.75 Å². The van der Waals surface area contributed by atoms with E-state index in [-0.39, 0.29) is 23.3 Å². The number of benzene rings is 3. The predicted molar refractivity (Wildman–Crippen MR) is 133 cm³/mol. The molecule has 0 aromatic heterocycles. The van der Waals surface area contributed by atoms with Gasteiger partial charge in [0.25, 0.3) is 11.8 Å². The number of hydrogen-bond donors (Lipinski definition) is 3. The van der Waals surface area contributed by atoms with Crippen molar-refractivity contribution in [2.24, 2.45) is 5.92 Å². The van der Waals surface area contributed by atoms with Crippen molar-refractivity contribution in [3.8, 4) is 5.75 Å². The van der Waals surface area contributed by atoms with E-state index in [1.54, 1.807) is 55.6 Å². The maximum atomic E-state index is 13.1. The zero-order chi connectivity index (χ0) is 24.7. The molecule has 34 heavy (non-hydrogen) atoms. The fourth-order valence-electron chi connectivity index (χ4n) is 3.40. The second kappa shape index (κ2) is 11.1. The van der Waals surface area contributed by atoms with Crippen molar-refractivity contribution in [2.75, 3.05) is 17.7 Å². The molecule has 0 heterocycles. The van der Waals surface area contributed by atoms with Gasteiger partial charge in [0, 0.05) is 11.3 Å². The van der Waals surface area contributed by atoms with Crippen LogP contribution in [0.1, 0.15) is 40.1 Å². The summed E-state index contributed by atoms with van der Waals surface area (Å²) in [5, 5.41) is 8.50. The summed E-state index contributed by atoms with van der Waals surface area (Å²) in [5.74, 6) is -0.642. The Morgan fingerprint density at radius 1 is 0.765 bits per heavy atom. The van der Waals surface area contributed by atoms with Crippen LogP contribution in [0.3, 0.4) is 0 Å². The summed E-state index contributed by atoms with van der Waals surface area (Å²) in [6.45, 7) is 5.62. The van der Waals surface area contributed by atoms with Crippen molar-refractivity contribution in [3.63, 3.8) is 0 Å². The lowest BCUT2D eigenvalue weighted by Gasteiger charge is -2.23. The summed E-state index contributed by atoms with van der Waals surface area (Å²) in [6.07, 6.45) is 0. The minimum Gasteiger partial charge on any atom is -0.497 e. The van der Waals surface area contributed by atoms with Gasteiger partial charge in [-0.25, -0.2) is 0 Å². The van der Waals surface area contributed by atoms with E-state index >= 15 is 0 Å². The molecular formula is C27H29N3O4. The van der Waals surface area contributed by atoms with E-state index in [1.165, 1.54) is 0 Å². The molecule has 3 aromatic carbocycles. The smallest absolute Gasteiger partial charge is 0.255 e. The predicted octanol–water partition coefficient (Wildman–Crippen LogP) is 4.65. The number of nitrogens with one attached hydrogen (secondary N) is 3. The van der Waals surface area contributed by atoms with Crippen molar-refractivity contribution in [1.29, 1.82) is 0 Å². The van der Waals surface area contributed by atoms with Gasteiger partial charge in [-0.3, -0.25) is 14.4 Å². The topological polar surface area (TPSA) is 96.5 Å². The van der Waals surface area contributed by atoms with E-state index in [2.05, 4.69) is 16.0 Å². The summed E-state index contributed by atoms with van der Waals surface area (Å²) < 4.78 is 5.12. The van der Waals surface area contributed by atoms with Crippen LogP contribution in [-0.4, -0.2) is 30.9 Å². The van der Waals surface area contributed by atoms with Crippen LogP contribution in [0.2, 0.25) is 0 Å². The van der Waals surface area contributed by atoms with E-state index in [1.807, 2.05) is 45.0 Å². The lowest BCUT2D eigenvalue weighted by atomic mass is 10.0. The molecular weight excluding hydrogens is 430 g/mol. The number of amides is 3. The van der Waals surface area contributed by atoms with E-state index in [0.29, 0.717) is 22.7 Å². The summed E-state index contributed by atoms with van der Waals surface area (Å²) in [7, 11) is 1.55. The molecule has 0 aliphatic carbocycles. The number of para-hydroxylation sites is 2. The lowest BCUT2D eigenvalue weighted by Crippen LogP contribution is -2.47. The molecule has 3 amide bonds. The summed E-state index contributed by atoms with van der Waals surface area (Å²) in [5.41, 5.74) is 2.66. The highest BCUT2D eigenvalue weighted by Crippen LogP contribution is 2.19. The van der Waals surface area contributed by atoms with Gasteiger partial charge < -0.3 is 20.7 Å². The van der Waals surface area contributed by atoms with Crippen molar-refractivity contribution in [2.45, 2.75) is 26.8 Å². The SMILES string of the molecule is COc1ccc(C(=O)Nc2ccccc2C(=O)NC(C(=O)Nc2ccccc2C)C(C)C)cc1. The molecule has 3 aromatic rings. The minimum absolute atomic E-state index is 0.158. The minimum atomic E-state index is -0.766. The van der Waals surface area contributed by atoms with E-state index < -0.39 is 11.9 Å². The Morgan fingerprint density at radius 2 is 1.38 bits per heavy atom. The van der Waals surface area contributed by atoms with Crippen LogP contribution in [0.15, 0.2) is 72.8 Å². The highest BCUT2D eigenvalue weighted by atomic mass is 16.5. The number of methoxy groups -OCH3 is 1. The third-order valence-corrected chi connectivity index (χ3v) is 5.41. The molecule has 0 fully saturated rings. The maximum absolute atomic E-state index is 13.1. The molecule has 176 valence electrons. The number of ether oxygens (including phenoxy) is 1. The van der Waals surface area contributed by atoms with Crippen LogP contribution in [0.4, 0.5) is 11.4 Å². The first-order chi connectivity index (χ1) is 16.3. The van der Waals surface area contributed by atoms with Gasteiger partial charge in [-0.1, -0.05) is 44.2 Å². The largest absolute Gasteiger partial charge is 0.497 e. The monoisotopic (exact) mass is 459 g/mol. The van der Waals surface area contributed by atoms with Crippen molar-refractivity contribution >= 4 is 29.1 Å². The van der Waals surface area contributed by atoms with Gasteiger partial charge in [0.05, 0.1) is 18.4 Å². The van der Waals surface area contributed by atoms with Crippen LogP contribution in [0.25, 0.3) is 0 Å². The number of carbonyl (C=O) groups is 3. The number of anilines is 2. The van der Waals surface area contributed by atoms with Gasteiger partial charge in [0.2, 0.25) is 5.91 Å². The van der Waals surface area contributed by atoms with Crippen LogP contribution in [0, 0.1) is 12.8 Å². The molecule has 0 saturated heterocycles. The van der Waals surface area contributed by atoms with Gasteiger partial charge in [-0.05, 0) is 60.9 Å². The average molecular weight is 460 g/mol. The van der Waals surface area contributed by atoms with Gasteiger partial charge in [-0.2, -0.15) is 0 Å². The zero-order valence-corrected chi connectivity index (χ0v) is 19.7. The average Bonchev–Trinajstić information content (AvgIpc) is 2.83. The molecule has 3 rings (SSSR count). The molecule has 0 radical (unpaired) electrons. The highest BCUT2D eigenvalue weighted by Gasteiger charge is 2.26. The maximum Gasteiger partial charge on any atom is 0.255 e. The molecule has 1 atom stereocenters. The third-order valence-electron chi connectivity index (χ3n) is 5.41. The van der Waals surface area contributed by atoms with Gasteiger partial charge in [0.15, 0.2) is 0 Å². The standard InChI is InChI=1S/C27H29N3O4/c1-17(2)24(27(33)28-22-11-7-5-9-18(22)3)30-26(32)21-10-6-8-12-23(21)29-25(31)19-13-15-20(34-4)16-14-19/h5-17,24H,1-4H3,(H,28,33)(H,29,31)(H,30,32). The van der Waals surface area contributed by atoms with Gasteiger partial charge in [-0.15, -0.1) is 0 Å². The molecule has 0 saturated carbocycles. The second-order valence-corrected chi connectivity index (χ2v) is 8.23. The normalized spacial score (nSPS) is 11.4. The second-order valence-electron chi connectivity index (χ2n) is 8.23. The van der Waals surface area contributed by atoms with E-state index in [9.17, 15) is 14.4 Å². The molecule has 7 nitrogen and oxygen atoms in total. The number of carbonyl (C=O) groups excluding carboxylic acids is 3. The first kappa shape index (κ1) is 24.5. The number of aryl methyl sites for hydroxylation is 1. The highest BCUT2D eigenvalue weighted by molar-refractivity contribution is 6.10. The fourth-order valence-corrected chi connectivity index (χ4v) is 3.40. The number of hydrogen-bond acceptors (Lipinski definition) is 4. The lowest BCUT2D eigenvalue weighted by molar-refractivity contribution is -0.118. The van der Waals surface area contributed by atoms with Crippen LogP contribution in [-0.2, 0) is 4.79 Å². The molecule has 0 aliphatic rings. The Labute approximate surface area is 199 Å². The van der Waals surface area contributed by atoms with Gasteiger partial charge in [0.1, 0.15) is 11.8 Å². The first-order valence-corrected chi connectivity index (χ1v) is 11.0. The zero-order valence-electron chi connectivity index (χ0n) is 19.7. The first-order valence-electron chi connectivity index (χ1n) is 11.0. The van der Waals surface area contributed by atoms with E-state index in [0.717, 1.165) is 5.56 Å². The summed E-state index contributed by atoms with van der Waals surface area (Å²) >= 11 is 0. The number of rotatable bonds is 8. The Hall–Kier alpha value is -4.13.